The molecule has 0 saturated carbocycles. The van der Waals surface area contributed by atoms with E-state index in [1.165, 1.54) is 6.08 Å². The zero-order valence-electron chi connectivity index (χ0n) is 12.7. The fourth-order valence-electron chi connectivity index (χ4n) is 1.87. The van der Waals surface area contributed by atoms with Crippen LogP contribution in [0, 0.1) is 0 Å². The van der Waals surface area contributed by atoms with Crippen molar-refractivity contribution in [2.45, 2.75) is 6.54 Å². The summed E-state index contributed by atoms with van der Waals surface area (Å²) in [4.78, 5) is 15.8. The zero-order valence-corrected chi connectivity index (χ0v) is 12.7. The van der Waals surface area contributed by atoms with E-state index < -0.39 is 0 Å². The topological polar surface area (TPSA) is 77.2 Å². The van der Waals surface area contributed by atoms with Crippen LogP contribution in [-0.2, 0) is 11.3 Å². The number of carbonyl (C=O) groups excluding carboxylic acids is 1. The molecule has 5 heteroatoms. The first kappa shape index (κ1) is 16.3. The van der Waals surface area contributed by atoms with E-state index in [1.807, 2.05) is 18.2 Å². The second-order valence-electron chi connectivity index (χ2n) is 4.81. The number of nitrogens with zero attached hydrogens (tertiary/aromatic N) is 1. The lowest BCUT2D eigenvalue weighted by Gasteiger charge is -2.07. The Balaban J connectivity index is 1.90. The fourth-order valence-corrected chi connectivity index (χ4v) is 1.87. The minimum absolute atomic E-state index is 0.181. The molecular formula is C18H19N3O2. The Kier molecular flexibility index (Phi) is 5.94. The van der Waals surface area contributed by atoms with E-state index in [-0.39, 0.29) is 5.91 Å². The maximum Gasteiger partial charge on any atom is 0.244 e. The van der Waals surface area contributed by atoms with Crippen molar-refractivity contribution in [1.82, 2.24) is 10.3 Å². The summed E-state index contributed by atoms with van der Waals surface area (Å²) < 4.78 is 5.40. The molecule has 0 unspecified atom stereocenters. The van der Waals surface area contributed by atoms with Gasteiger partial charge in [0, 0.05) is 25.0 Å². The van der Waals surface area contributed by atoms with Crippen LogP contribution >= 0.6 is 0 Å². The summed E-state index contributed by atoms with van der Waals surface area (Å²) in [5, 5.41) is 2.79. The Bertz CT molecular complexity index is 697. The van der Waals surface area contributed by atoms with Gasteiger partial charge < -0.3 is 15.8 Å². The van der Waals surface area contributed by atoms with Gasteiger partial charge in [0.15, 0.2) is 0 Å². The molecule has 0 radical (unpaired) electrons. The van der Waals surface area contributed by atoms with E-state index >= 15 is 0 Å². The van der Waals surface area contributed by atoms with Gasteiger partial charge in [-0.25, -0.2) is 0 Å². The quantitative estimate of drug-likeness (QED) is 0.468. The number of ether oxygens (including phenoxy) is 1. The summed E-state index contributed by atoms with van der Waals surface area (Å²) >= 11 is 0. The molecule has 0 aliphatic carbocycles. The van der Waals surface area contributed by atoms with Gasteiger partial charge in [-0.3, -0.25) is 9.78 Å². The van der Waals surface area contributed by atoms with Crippen molar-refractivity contribution in [3.63, 3.8) is 0 Å². The molecule has 1 heterocycles. The van der Waals surface area contributed by atoms with E-state index in [1.54, 1.807) is 36.7 Å². The molecule has 0 bridgehead atoms. The lowest BCUT2D eigenvalue weighted by molar-refractivity contribution is -0.116. The highest BCUT2D eigenvalue weighted by molar-refractivity contribution is 5.91. The number of hydrogen-bond donors (Lipinski definition) is 2. The van der Waals surface area contributed by atoms with Crippen molar-refractivity contribution in [2.75, 3.05) is 12.3 Å². The number of anilines is 1. The number of carbonyl (C=O) groups is 1. The summed E-state index contributed by atoms with van der Waals surface area (Å²) in [6.45, 7) is 4.42. The van der Waals surface area contributed by atoms with Gasteiger partial charge >= 0.3 is 0 Å². The average Bonchev–Trinajstić information content (AvgIpc) is 2.58. The smallest absolute Gasteiger partial charge is 0.244 e. The normalized spacial score (nSPS) is 10.4. The molecule has 0 saturated heterocycles. The lowest BCUT2D eigenvalue weighted by Crippen LogP contribution is -2.20. The van der Waals surface area contributed by atoms with Crippen molar-refractivity contribution < 1.29 is 9.53 Å². The van der Waals surface area contributed by atoms with Crippen LogP contribution in [0.3, 0.4) is 0 Å². The maximum atomic E-state index is 11.8. The highest BCUT2D eigenvalue weighted by atomic mass is 16.5. The van der Waals surface area contributed by atoms with E-state index in [4.69, 9.17) is 10.5 Å². The summed E-state index contributed by atoms with van der Waals surface area (Å²) in [5.41, 5.74) is 8.19. The van der Waals surface area contributed by atoms with E-state index in [0.29, 0.717) is 24.6 Å². The Labute approximate surface area is 135 Å². The van der Waals surface area contributed by atoms with Crippen LogP contribution in [0.25, 0.3) is 6.08 Å². The van der Waals surface area contributed by atoms with Gasteiger partial charge in [0.1, 0.15) is 12.4 Å². The summed E-state index contributed by atoms with van der Waals surface area (Å²) in [6, 6.07) is 9.09. The van der Waals surface area contributed by atoms with Crippen molar-refractivity contribution in [2.24, 2.45) is 0 Å². The van der Waals surface area contributed by atoms with Gasteiger partial charge in [0.25, 0.3) is 0 Å². The van der Waals surface area contributed by atoms with E-state index in [0.717, 1.165) is 11.1 Å². The lowest BCUT2D eigenvalue weighted by atomic mass is 10.1. The molecule has 3 N–H and O–H groups in total. The molecule has 0 aliphatic heterocycles. The summed E-state index contributed by atoms with van der Waals surface area (Å²) in [6.07, 6.45) is 8.23. The molecule has 118 valence electrons. The van der Waals surface area contributed by atoms with Gasteiger partial charge in [0.05, 0.1) is 5.69 Å². The molecule has 1 amide bonds. The second-order valence-corrected chi connectivity index (χ2v) is 4.81. The number of rotatable bonds is 7. The molecule has 1 aromatic carbocycles. The first-order valence-electron chi connectivity index (χ1n) is 7.17. The number of nitrogens with one attached hydrogen (secondary N) is 1. The minimum atomic E-state index is -0.181. The van der Waals surface area contributed by atoms with Crippen LogP contribution in [0.2, 0.25) is 0 Å². The van der Waals surface area contributed by atoms with E-state index in [2.05, 4.69) is 16.9 Å². The minimum Gasteiger partial charge on any atom is -0.487 e. The third-order valence-corrected chi connectivity index (χ3v) is 3.01. The zero-order chi connectivity index (χ0) is 16.5. The van der Waals surface area contributed by atoms with Gasteiger partial charge in [-0.05, 0) is 35.4 Å². The summed E-state index contributed by atoms with van der Waals surface area (Å²) in [7, 11) is 0. The molecule has 1 aromatic heterocycles. The number of aromatic nitrogens is 1. The predicted molar refractivity (Wildman–Crippen MR) is 91.7 cm³/mol. The van der Waals surface area contributed by atoms with Gasteiger partial charge in [0.2, 0.25) is 5.91 Å². The SMILES string of the molecule is C=CCOc1ccc(/C=C\C(=O)NCc2cccnc2)cc1N. The van der Waals surface area contributed by atoms with Crippen molar-refractivity contribution >= 4 is 17.7 Å². The molecule has 23 heavy (non-hydrogen) atoms. The average molecular weight is 309 g/mol. The third-order valence-electron chi connectivity index (χ3n) is 3.01. The third kappa shape index (κ3) is 5.32. The molecule has 0 spiro atoms. The first-order valence-corrected chi connectivity index (χ1v) is 7.17. The van der Waals surface area contributed by atoms with Crippen LogP contribution in [0.5, 0.6) is 5.75 Å². The molecule has 2 aromatic rings. The monoisotopic (exact) mass is 309 g/mol. The number of amides is 1. The Morgan fingerprint density at radius 2 is 2.26 bits per heavy atom. The fraction of sp³-hybridized carbons (Fsp3) is 0.111. The van der Waals surface area contributed by atoms with Crippen molar-refractivity contribution in [3.8, 4) is 5.75 Å². The van der Waals surface area contributed by atoms with Gasteiger partial charge in [-0.15, -0.1) is 0 Å². The standard InChI is InChI=1S/C18H19N3O2/c1-2-10-23-17-7-5-14(11-16(17)19)6-8-18(22)21-13-15-4-3-9-20-12-15/h2-9,11-12H,1,10,13,19H2,(H,21,22)/b8-6-. The molecule has 5 nitrogen and oxygen atoms in total. The summed E-state index contributed by atoms with van der Waals surface area (Å²) in [5.74, 6) is 0.419. The molecule has 0 fully saturated rings. The second kappa shape index (κ2) is 8.38. The Hall–Kier alpha value is -3.08. The number of nitrogen functional groups attached to an aromatic ring is 1. The van der Waals surface area contributed by atoms with Crippen LogP contribution in [0.15, 0.2) is 61.5 Å². The highest BCUT2D eigenvalue weighted by Crippen LogP contribution is 2.23. The van der Waals surface area contributed by atoms with Crippen LogP contribution in [0.4, 0.5) is 5.69 Å². The number of nitrogens with two attached hydrogens (primary N) is 1. The highest BCUT2D eigenvalue weighted by Gasteiger charge is 2.01. The Morgan fingerprint density at radius 3 is 2.96 bits per heavy atom. The maximum absolute atomic E-state index is 11.8. The molecule has 0 atom stereocenters. The van der Waals surface area contributed by atoms with Crippen LogP contribution < -0.4 is 15.8 Å². The number of pyridine rings is 1. The number of hydrogen-bond acceptors (Lipinski definition) is 4. The number of benzene rings is 1. The molecule has 0 aliphatic rings. The molecular weight excluding hydrogens is 290 g/mol. The first-order chi connectivity index (χ1) is 11.2. The largest absolute Gasteiger partial charge is 0.487 e. The Morgan fingerprint density at radius 1 is 1.39 bits per heavy atom. The van der Waals surface area contributed by atoms with Crippen molar-refractivity contribution in [3.05, 3.63) is 72.6 Å². The van der Waals surface area contributed by atoms with Crippen LogP contribution in [-0.4, -0.2) is 17.5 Å². The van der Waals surface area contributed by atoms with Crippen LogP contribution in [0.1, 0.15) is 11.1 Å². The van der Waals surface area contributed by atoms with Crippen molar-refractivity contribution in [1.29, 1.82) is 0 Å². The van der Waals surface area contributed by atoms with Gasteiger partial charge in [-0.1, -0.05) is 24.8 Å². The van der Waals surface area contributed by atoms with E-state index in [9.17, 15) is 4.79 Å². The predicted octanol–water partition coefficient (Wildman–Crippen LogP) is 2.56. The van der Waals surface area contributed by atoms with Gasteiger partial charge in [-0.2, -0.15) is 0 Å². The molecule has 2 rings (SSSR count).